The maximum Gasteiger partial charge on any atom is 0.243 e. The van der Waals surface area contributed by atoms with E-state index in [-0.39, 0.29) is 6.04 Å². The molecule has 0 saturated carbocycles. The maximum absolute atomic E-state index is 5.45. The Morgan fingerprint density at radius 1 is 1.14 bits per heavy atom. The summed E-state index contributed by atoms with van der Waals surface area (Å²) in [7, 11) is 1.69. The van der Waals surface area contributed by atoms with Gasteiger partial charge in [-0.2, -0.15) is 15.0 Å². The summed E-state index contributed by atoms with van der Waals surface area (Å²) in [5.74, 6) is 6.91. The fourth-order valence-electron chi connectivity index (χ4n) is 2.07. The molecule has 0 aliphatic heterocycles. The van der Waals surface area contributed by atoms with Crippen molar-refractivity contribution in [2.24, 2.45) is 5.84 Å². The highest BCUT2D eigenvalue weighted by Gasteiger charge is 2.14. The van der Waals surface area contributed by atoms with Crippen LogP contribution in [0.15, 0.2) is 0 Å². The zero-order chi connectivity index (χ0) is 15.7. The van der Waals surface area contributed by atoms with Gasteiger partial charge < -0.3 is 15.0 Å². The third kappa shape index (κ3) is 5.31. The van der Waals surface area contributed by atoms with Gasteiger partial charge in [-0.15, -0.1) is 0 Å². The predicted molar refractivity (Wildman–Crippen MR) is 85.4 cm³/mol. The molecule has 0 aliphatic carbocycles. The van der Waals surface area contributed by atoms with Gasteiger partial charge in [0.05, 0.1) is 12.6 Å². The number of methoxy groups -OCH3 is 1. The number of hydrogen-bond donors (Lipinski definition) is 3. The lowest BCUT2D eigenvalue weighted by atomic mass is 10.2. The Labute approximate surface area is 126 Å². The molecular formula is C13H27N7O. The number of anilines is 3. The van der Waals surface area contributed by atoms with Crippen molar-refractivity contribution < 1.29 is 4.74 Å². The molecule has 0 aromatic carbocycles. The minimum Gasteiger partial charge on any atom is -0.383 e. The first-order chi connectivity index (χ1) is 10.2. The maximum atomic E-state index is 5.45. The fraction of sp³-hybridized carbons (Fsp3) is 0.769. The van der Waals surface area contributed by atoms with Gasteiger partial charge in [-0.05, 0) is 20.3 Å². The molecule has 8 heteroatoms. The smallest absolute Gasteiger partial charge is 0.243 e. The summed E-state index contributed by atoms with van der Waals surface area (Å²) in [5.41, 5.74) is 2.49. The highest BCUT2D eigenvalue weighted by Crippen LogP contribution is 2.14. The van der Waals surface area contributed by atoms with Crippen LogP contribution in [-0.2, 0) is 4.74 Å². The minimum absolute atomic E-state index is 0.164. The van der Waals surface area contributed by atoms with E-state index < -0.39 is 0 Å². The summed E-state index contributed by atoms with van der Waals surface area (Å²) in [6.07, 6.45) is 2.03. The summed E-state index contributed by atoms with van der Waals surface area (Å²) in [4.78, 5) is 15.1. The lowest BCUT2D eigenvalue weighted by Gasteiger charge is -2.21. The Balaban J connectivity index is 2.96. The number of nitrogens with two attached hydrogens (primary N) is 1. The topological polar surface area (TPSA) is 101 Å². The monoisotopic (exact) mass is 297 g/mol. The van der Waals surface area contributed by atoms with Gasteiger partial charge in [0.1, 0.15) is 0 Å². The number of nitrogens with zero attached hydrogens (tertiary/aromatic N) is 4. The van der Waals surface area contributed by atoms with Crippen molar-refractivity contribution in [1.29, 1.82) is 0 Å². The highest BCUT2D eigenvalue weighted by atomic mass is 16.5. The number of rotatable bonds is 10. The summed E-state index contributed by atoms with van der Waals surface area (Å²) >= 11 is 0. The molecule has 1 atom stereocenters. The van der Waals surface area contributed by atoms with Gasteiger partial charge in [0, 0.05) is 20.2 Å². The van der Waals surface area contributed by atoms with E-state index in [1.807, 2.05) is 4.90 Å². The number of hydrazine groups is 1. The van der Waals surface area contributed by atoms with Crippen molar-refractivity contribution in [3.8, 4) is 0 Å². The third-order valence-corrected chi connectivity index (χ3v) is 3.14. The predicted octanol–water partition coefficient (Wildman–Crippen LogP) is 1.23. The molecule has 8 nitrogen and oxygen atoms in total. The van der Waals surface area contributed by atoms with Crippen LogP contribution in [0.3, 0.4) is 0 Å². The van der Waals surface area contributed by atoms with Gasteiger partial charge in [0.15, 0.2) is 0 Å². The van der Waals surface area contributed by atoms with Crippen LogP contribution >= 0.6 is 0 Å². The van der Waals surface area contributed by atoms with Crippen LogP contribution in [0.2, 0.25) is 0 Å². The minimum atomic E-state index is 0.164. The van der Waals surface area contributed by atoms with Gasteiger partial charge in [-0.1, -0.05) is 13.3 Å². The highest BCUT2D eigenvalue weighted by molar-refractivity contribution is 5.43. The number of nitrogen functional groups attached to an aromatic ring is 1. The van der Waals surface area contributed by atoms with E-state index in [2.05, 4.69) is 46.5 Å². The van der Waals surface area contributed by atoms with Crippen molar-refractivity contribution in [1.82, 2.24) is 15.0 Å². The van der Waals surface area contributed by atoms with Gasteiger partial charge in [-0.3, -0.25) is 5.43 Å². The second-order valence-electron chi connectivity index (χ2n) is 4.68. The number of ether oxygens (including phenoxy) is 1. The van der Waals surface area contributed by atoms with Crippen molar-refractivity contribution >= 4 is 17.8 Å². The number of nitrogens with one attached hydrogen (secondary N) is 2. The average molecular weight is 297 g/mol. The summed E-state index contributed by atoms with van der Waals surface area (Å²) < 4.78 is 5.22. The lowest BCUT2D eigenvalue weighted by Crippen LogP contribution is -2.29. The van der Waals surface area contributed by atoms with Crippen LogP contribution in [0.5, 0.6) is 0 Å². The van der Waals surface area contributed by atoms with Crippen LogP contribution in [-0.4, -0.2) is 47.8 Å². The SMILES string of the molecule is CCCC(COC)Nc1nc(NN)nc(N(CC)CC)n1. The molecule has 0 radical (unpaired) electrons. The number of hydrogen-bond acceptors (Lipinski definition) is 8. The average Bonchev–Trinajstić information content (AvgIpc) is 2.49. The van der Waals surface area contributed by atoms with E-state index in [9.17, 15) is 0 Å². The lowest BCUT2D eigenvalue weighted by molar-refractivity contribution is 0.182. The first-order valence-electron chi connectivity index (χ1n) is 7.41. The van der Waals surface area contributed by atoms with Gasteiger partial charge in [-0.25, -0.2) is 5.84 Å². The standard InChI is InChI=1S/C13H27N7O/c1-5-8-10(9-21-4)15-11-16-12(19-14)18-13(17-11)20(6-2)7-3/h10H,5-9,14H2,1-4H3,(H2,15,16,17,18,19). The molecule has 21 heavy (non-hydrogen) atoms. The summed E-state index contributed by atoms with van der Waals surface area (Å²) in [6.45, 7) is 8.49. The molecule has 4 N–H and O–H groups in total. The Morgan fingerprint density at radius 3 is 2.33 bits per heavy atom. The normalized spacial score (nSPS) is 12.0. The molecule has 120 valence electrons. The molecule has 0 saturated heterocycles. The molecule has 1 aromatic rings. The first-order valence-corrected chi connectivity index (χ1v) is 7.41. The second kappa shape index (κ2) is 9.30. The fourth-order valence-corrected chi connectivity index (χ4v) is 2.07. The first kappa shape index (κ1) is 17.4. The van der Waals surface area contributed by atoms with E-state index in [0.29, 0.717) is 24.5 Å². The largest absolute Gasteiger partial charge is 0.383 e. The molecular weight excluding hydrogens is 270 g/mol. The van der Waals surface area contributed by atoms with Crippen LogP contribution < -0.4 is 21.5 Å². The second-order valence-corrected chi connectivity index (χ2v) is 4.68. The molecule has 1 rings (SSSR count). The quantitative estimate of drug-likeness (QED) is 0.438. The van der Waals surface area contributed by atoms with Crippen molar-refractivity contribution in [3.05, 3.63) is 0 Å². The van der Waals surface area contributed by atoms with Crippen molar-refractivity contribution in [2.45, 2.75) is 39.7 Å². The van der Waals surface area contributed by atoms with Crippen molar-refractivity contribution in [3.63, 3.8) is 0 Å². The van der Waals surface area contributed by atoms with E-state index in [4.69, 9.17) is 10.6 Å². The summed E-state index contributed by atoms with van der Waals surface area (Å²) in [6, 6.07) is 0.164. The molecule has 0 amide bonds. The Bertz CT molecular complexity index is 406. The molecule has 1 aromatic heterocycles. The van der Waals surface area contributed by atoms with Crippen molar-refractivity contribution in [2.75, 3.05) is 42.4 Å². The van der Waals surface area contributed by atoms with Crippen LogP contribution in [0.1, 0.15) is 33.6 Å². The molecule has 1 unspecified atom stereocenters. The molecule has 0 fully saturated rings. The zero-order valence-corrected chi connectivity index (χ0v) is 13.4. The zero-order valence-electron chi connectivity index (χ0n) is 13.4. The molecule has 1 heterocycles. The Kier molecular flexibility index (Phi) is 7.70. The van der Waals surface area contributed by atoms with Gasteiger partial charge in [0.25, 0.3) is 0 Å². The van der Waals surface area contributed by atoms with Crippen LogP contribution in [0.25, 0.3) is 0 Å². The van der Waals surface area contributed by atoms with Crippen LogP contribution in [0.4, 0.5) is 17.8 Å². The Morgan fingerprint density at radius 2 is 1.81 bits per heavy atom. The van der Waals surface area contributed by atoms with E-state index in [1.54, 1.807) is 7.11 Å². The molecule has 0 spiro atoms. The molecule has 0 bridgehead atoms. The van der Waals surface area contributed by atoms with E-state index in [0.717, 1.165) is 25.9 Å². The van der Waals surface area contributed by atoms with Gasteiger partial charge in [0.2, 0.25) is 17.8 Å². The number of aromatic nitrogens is 3. The molecule has 0 aliphatic rings. The van der Waals surface area contributed by atoms with Crippen LogP contribution in [0, 0.1) is 0 Å². The van der Waals surface area contributed by atoms with E-state index >= 15 is 0 Å². The Hall–Kier alpha value is -1.67. The van der Waals surface area contributed by atoms with E-state index in [1.165, 1.54) is 0 Å². The van der Waals surface area contributed by atoms with Gasteiger partial charge >= 0.3 is 0 Å². The summed E-state index contributed by atoms with van der Waals surface area (Å²) in [5, 5.41) is 3.29. The third-order valence-electron chi connectivity index (χ3n) is 3.14.